The van der Waals surface area contributed by atoms with E-state index in [0.29, 0.717) is 11.5 Å². The Bertz CT molecular complexity index is 840. The smallest absolute Gasteiger partial charge is 0.225 e. The molecule has 2 saturated heterocycles. The highest BCUT2D eigenvalue weighted by molar-refractivity contribution is 9.10. The lowest BCUT2D eigenvalue weighted by Gasteiger charge is -2.39. The third-order valence-corrected chi connectivity index (χ3v) is 6.33. The van der Waals surface area contributed by atoms with Crippen molar-refractivity contribution < 1.29 is 9.59 Å². The second kappa shape index (κ2) is 8.95. The van der Waals surface area contributed by atoms with Gasteiger partial charge in [-0.25, -0.2) is 4.98 Å². The zero-order chi connectivity index (χ0) is 20.2. The molecule has 2 aromatic rings. The predicted octanol–water partition coefficient (Wildman–Crippen LogP) is 3.22. The van der Waals surface area contributed by atoms with Gasteiger partial charge < -0.3 is 14.7 Å². The van der Waals surface area contributed by atoms with Gasteiger partial charge in [0.2, 0.25) is 5.91 Å². The molecule has 7 heteroatoms. The molecule has 2 fully saturated rings. The van der Waals surface area contributed by atoms with Crippen molar-refractivity contribution in [3.63, 3.8) is 0 Å². The number of rotatable bonds is 4. The molecule has 6 nitrogen and oxygen atoms in total. The van der Waals surface area contributed by atoms with Crippen LogP contribution in [0.4, 0.5) is 11.5 Å². The van der Waals surface area contributed by atoms with E-state index < -0.39 is 0 Å². The topological polar surface area (TPSA) is 56.8 Å². The molecular formula is C22H25BrN4O2. The maximum Gasteiger partial charge on any atom is 0.225 e. The number of carbonyl (C=O) groups is 2. The van der Waals surface area contributed by atoms with Gasteiger partial charge in [-0.3, -0.25) is 9.59 Å². The number of hydrogen-bond acceptors (Lipinski definition) is 5. The predicted molar refractivity (Wildman–Crippen MR) is 117 cm³/mol. The van der Waals surface area contributed by atoms with Crippen LogP contribution in [0.15, 0.2) is 47.1 Å². The van der Waals surface area contributed by atoms with Gasteiger partial charge in [-0.05, 0) is 65.2 Å². The van der Waals surface area contributed by atoms with Crippen LogP contribution in [0, 0.1) is 5.92 Å². The van der Waals surface area contributed by atoms with Gasteiger partial charge in [0, 0.05) is 67.1 Å². The van der Waals surface area contributed by atoms with E-state index in [0.717, 1.165) is 74.4 Å². The number of carbonyl (C=O) groups excluding carboxylic acids is 2. The minimum atomic E-state index is 0.109. The Balaban J connectivity index is 1.27. The van der Waals surface area contributed by atoms with E-state index in [-0.39, 0.29) is 5.92 Å². The maximum absolute atomic E-state index is 13.0. The molecule has 152 valence electrons. The number of hydrogen-bond donors (Lipinski definition) is 0. The van der Waals surface area contributed by atoms with Crippen LogP contribution in [0.3, 0.4) is 0 Å². The molecular weight excluding hydrogens is 432 g/mol. The first-order chi connectivity index (χ1) is 14.1. The average molecular weight is 457 g/mol. The van der Waals surface area contributed by atoms with Crippen molar-refractivity contribution in [1.29, 1.82) is 0 Å². The number of aldehydes is 1. The number of piperidine rings is 1. The molecule has 29 heavy (non-hydrogen) atoms. The molecule has 2 aliphatic heterocycles. The van der Waals surface area contributed by atoms with E-state index in [1.807, 2.05) is 47.5 Å². The van der Waals surface area contributed by atoms with Crippen molar-refractivity contribution in [1.82, 2.24) is 9.88 Å². The molecule has 0 unspecified atom stereocenters. The van der Waals surface area contributed by atoms with Gasteiger partial charge in [0.15, 0.2) is 0 Å². The van der Waals surface area contributed by atoms with Gasteiger partial charge in [0.25, 0.3) is 0 Å². The van der Waals surface area contributed by atoms with Crippen LogP contribution in [0.25, 0.3) is 0 Å². The van der Waals surface area contributed by atoms with Crippen LogP contribution in [-0.2, 0) is 4.79 Å². The lowest BCUT2D eigenvalue weighted by molar-refractivity contribution is -0.136. The van der Waals surface area contributed by atoms with E-state index in [1.54, 1.807) is 0 Å². The first-order valence-electron chi connectivity index (χ1n) is 10.1. The molecule has 0 N–H and O–H groups in total. The minimum Gasteiger partial charge on any atom is -0.371 e. The van der Waals surface area contributed by atoms with Crippen molar-refractivity contribution in [3.05, 3.63) is 52.6 Å². The van der Waals surface area contributed by atoms with Crippen molar-refractivity contribution in [2.75, 3.05) is 49.1 Å². The summed E-state index contributed by atoms with van der Waals surface area (Å²) in [6.45, 7) is 4.90. The normalized spacial score (nSPS) is 18.0. The molecule has 0 radical (unpaired) electrons. The van der Waals surface area contributed by atoms with E-state index >= 15 is 0 Å². The number of piperazine rings is 1. The zero-order valence-corrected chi connectivity index (χ0v) is 17.9. The summed E-state index contributed by atoms with van der Waals surface area (Å²) in [5.41, 5.74) is 1.81. The van der Waals surface area contributed by atoms with Crippen LogP contribution in [0.1, 0.15) is 23.2 Å². The molecule has 0 spiro atoms. The summed E-state index contributed by atoms with van der Waals surface area (Å²) in [5, 5.41) is 0. The molecule has 1 amide bonds. The Morgan fingerprint density at radius 1 is 0.931 bits per heavy atom. The number of amides is 1. The summed E-state index contributed by atoms with van der Waals surface area (Å²) in [6, 6.07) is 11.7. The maximum atomic E-state index is 13.0. The third kappa shape index (κ3) is 4.61. The fraction of sp³-hybridized carbons (Fsp3) is 0.409. The quantitative estimate of drug-likeness (QED) is 0.661. The number of pyridine rings is 1. The van der Waals surface area contributed by atoms with E-state index in [4.69, 9.17) is 0 Å². The molecule has 4 rings (SSSR count). The lowest BCUT2D eigenvalue weighted by atomic mass is 9.94. The van der Waals surface area contributed by atoms with Gasteiger partial charge in [-0.1, -0.05) is 0 Å². The summed E-state index contributed by atoms with van der Waals surface area (Å²) in [6.07, 6.45) is 4.43. The third-order valence-electron chi connectivity index (χ3n) is 5.87. The van der Waals surface area contributed by atoms with E-state index in [9.17, 15) is 9.59 Å². The van der Waals surface area contributed by atoms with E-state index in [1.165, 1.54) is 0 Å². The minimum absolute atomic E-state index is 0.109. The summed E-state index contributed by atoms with van der Waals surface area (Å²) in [4.78, 5) is 34.8. The van der Waals surface area contributed by atoms with Gasteiger partial charge >= 0.3 is 0 Å². The Morgan fingerprint density at radius 3 is 2.21 bits per heavy atom. The molecule has 1 aromatic heterocycles. The largest absolute Gasteiger partial charge is 0.371 e. The summed E-state index contributed by atoms with van der Waals surface area (Å²) in [7, 11) is 0. The summed E-state index contributed by atoms with van der Waals surface area (Å²) >= 11 is 3.42. The number of nitrogens with zero attached hydrogens (tertiary/aromatic N) is 4. The Morgan fingerprint density at radius 2 is 1.62 bits per heavy atom. The lowest BCUT2D eigenvalue weighted by Crippen LogP contribution is -2.51. The Labute approximate surface area is 179 Å². The number of anilines is 2. The van der Waals surface area contributed by atoms with E-state index in [2.05, 4.69) is 30.7 Å². The first kappa shape index (κ1) is 19.9. The second-order valence-corrected chi connectivity index (χ2v) is 8.53. The SMILES string of the molecule is O=Cc1ccc(N2CCC(C(=O)N3CCN(c4ccc(Br)cn4)CC3)CC2)cc1. The van der Waals surface area contributed by atoms with Crippen LogP contribution in [-0.4, -0.2) is 61.3 Å². The summed E-state index contributed by atoms with van der Waals surface area (Å²) in [5.74, 6) is 1.37. The number of aromatic nitrogens is 1. The van der Waals surface area contributed by atoms with Crippen molar-refractivity contribution in [2.45, 2.75) is 12.8 Å². The van der Waals surface area contributed by atoms with Crippen LogP contribution >= 0.6 is 15.9 Å². The highest BCUT2D eigenvalue weighted by Crippen LogP contribution is 2.26. The van der Waals surface area contributed by atoms with Crippen LogP contribution < -0.4 is 9.80 Å². The fourth-order valence-electron chi connectivity index (χ4n) is 4.12. The highest BCUT2D eigenvalue weighted by Gasteiger charge is 2.30. The van der Waals surface area contributed by atoms with Gasteiger partial charge in [-0.2, -0.15) is 0 Å². The molecule has 0 saturated carbocycles. The Kier molecular flexibility index (Phi) is 6.13. The van der Waals surface area contributed by atoms with Crippen LogP contribution in [0.5, 0.6) is 0 Å². The average Bonchev–Trinajstić information content (AvgIpc) is 2.79. The standard InChI is InChI=1S/C22H25BrN4O2/c23-19-3-6-21(24-15-19)26-11-13-27(14-12-26)22(29)18-7-9-25(10-8-18)20-4-1-17(16-28)2-5-20/h1-6,15-16,18H,7-14H2. The monoisotopic (exact) mass is 456 g/mol. The zero-order valence-electron chi connectivity index (χ0n) is 16.3. The molecule has 0 atom stereocenters. The van der Waals surface area contributed by atoms with Gasteiger partial charge in [-0.15, -0.1) is 0 Å². The highest BCUT2D eigenvalue weighted by atomic mass is 79.9. The molecule has 3 heterocycles. The molecule has 0 aliphatic carbocycles. The Hall–Kier alpha value is -2.41. The number of halogens is 1. The molecule has 1 aromatic carbocycles. The number of benzene rings is 1. The second-order valence-electron chi connectivity index (χ2n) is 7.62. The summed E-state index contributed by atoms with van der Waals surface area (Å²) < 4.78 is 0.973. The first-order valence-corrected chi connectivity index (χ1v) is 10.9. The van der Waals surface area contributed by atoms with Crippen LogP contribution in [0.2, 0.25) is 0 Å². The molecule has 0 bridgehead atoms. The fourth-order valence-corrected chi connectivity index (χ4v) is 4.35. The van der Waals surface area contributed by atoms with Crippen molar-refractivity contribution >= 4 is 39.6 Å². The van der Waals surface area contributed by atoms with Crippen molar-refractivity contribution in [2.24, 2.45) is 5.92 Å². The van der Waals surface area contributed by atoms with Gasteiger partial charge in [0.1, 0.15) is 12.1 Å². The van der Waals surface area contributed by atoms with Crippen molar-refractivity contribution in [3.8, 4) is 0 Å². The molecule has 2 aliphatic rings. The van der Waals surface area contributed by atoms with Gasteiger partial charge in [0.05, 0.1) is 0 Å².